The number of carboxylic acids is 1. The van der Waals surface area contributed by atoms with Crippen LogP contribution in [-0.2, 0) is 23.9 Å². The fourth-order valence-electron chi connectivity index (χ4n) is 5.98. The Hall–Kier alpha value is -2.68. The number of aliphatic hydroxyl groups excluding tert-OH is 1. The molecule has 0 bridgehead atoms. The molecule has 4 N–H and O–H groups in total. The third kappa shape index (κ3) is 34.2. The average Bonchev–Trinajstić information content (AvgIpc) is 3.11. The van der Waals surface area contributed by atoms with Gasteiger partial charge in [0.25, 0.3) is 0 Å². The summed E-state index contributed by atoms with van der Waals surface area (Å²) < 4.78 is 5.98. The first kappa shape index (κ1) is 48.3. The number of amides is 2. The van der Waals surface area contributed by atoms with Gasteiger partial charge in [-0.15, -0.1) is 0 Å². The minimum Gasteiger partial charge on any atom is -0.480 e. The van der Waals surface area contributed by atoms with Gasteiger partial charge < -0.3 is 25.6 Å². The van der Waals surface area contributed by atoms with Crippen molar-refractivity contribution in [2.45, 2.75) is 206 Å². The van der Waals surface area contributed by atoms with Gasteiger partial charge in [0.2, 0.25) is 11.8 Å². The summed E-state index contributed by atoms with van der Waals surface area (Å²) in [5.74, 6) is -2.30. The lowest BCUT2D eigenvalue weighted by atomic mass is 10.0. The summed E-state index contributed by atoms with van der Waals surface area (Å²) in [6.45, 7) is 3.43. The van der Waals surface area contributed by atoms with Gasteiger partial charge in [0.05, 0.1) is 13.2 Å². The molecule has 0 saturated carbocycles. The highest BCUT2D eigenvalue weighted by Gasteiger charge is 2.19. The lowest BCUT2D eigenvalue weighted by Gasteiger charge is -2.18. The van der Waals surface area contributed by atoms with Crippen molar-refractivity contribution in [3.05, 3.63) is 24.3 Å². The molecule has 0 spiro atoms. The molecule has 9 nitrogen and oxygen atoms in total. The van der Waals surface area contributed by atoms with E-state index in [2.05, 4.69) is 48.8 Å². The molecule has 0 heterocycles. The number of carbonyl (C=O) groups is 4. The van der Waals surface area contributed by atoms with Crippen LogP contribution in [0.25, 0.3) is 0 Å². The second-order valence-corrected chi connectivity index (χ2v) is 14.1. The SMILES string of the molecule is CCCCC/C=C\C/C=C\CCCCCCCCCC(=O)OC(CCCCCCCC)CCCCCCCC(=O)NCC(=O)NC(CO)C(=O)O. The number of esters is 1. The lowest BCUT2D eigenvalue weighted by Crippen LogP contribution is -2.47. The van der Waals surface area contributed by atoms with E-state index in [9.17, 15) is 19.2 Å². The topological polar surface area (TPSA) is 142 Å². The normalized spacial score (nSPS) is 12.7. The summed E-state index contributed by atoms with van der Waals surface area (Å²) in [6, 6.07) is -1.38. The van der Waals surface area contributed by atoms with Crippen LogP contribution in [-0.4, -0.2) is 59.3 Å². The molecular formula is C42H76N2O7. The fourth-order valence-corrected chi connectivity index (χ4v) is 5.98. The molecule has 0 fully saturated rings. The molecule has 0 radical (unpaired) electrons. The molecule has 0 aromatic carbocycles. The summed E-state index contributed by atoms with van der Waals surface area (Å²) in [5.41, 5.74) is 0. The Bertz CT molecular complexity index is 921. The van der Waals surface area contributed by atoms with Crippen LogP contribution >= 0.6 is 0 Å². The number of ether oxygens (including phenoxy) is 1. The van der Waals surface area contributed by atoms with E-state index < -0.39 is 24.5 Å². The van der Waals surface area contributed by atoms with Crippen LogP contribution in [0.4, 0.5) is 0 Å². The molecule has 2 amide bonds. The van der Waals surface area contributed by atoms with Crippen LogP contribution < -0.4 is 10.6 Å². The first-order valence-corrected chi connectivity index (χ1v) is 20.7. The molecule has 2 atom stereocenters. The number of hydrogen-bond donors (Lipinski definition) is 4. The quantitative estimate of drug-likeness (QED) is 0.0284. The Balaban J connectivity index is 4.11. The smallest absolute Gasteiger partial charge is 0.328 e. The maximum atomic E-state index is 12.7. The predicted octanol–water partition coefficient (Wildman–Crippen LogP) is 9.65. The third-order valence-corrected chi connectivity index (χ3v) is 9.20. The number of carboxylic acid groups (broad SMARTS) is 1. The van der Waals surface area contributed by atoms with Gasteiger partial charge in [-0.2, -0.15) is 0 Å². The molecule has 9 heteroatoms. The molecule has 2 unspecified atom stereocenters. The molecule has 0 aliphatic heterocycles. The van der Waals surface area contributed by atoms with Crippen molar-refractivity contribution < 1.29 is 34.1 Å². The number of unbranched alkanes of at least 4 members (excludes halogenated alkanes) is 19. The van der Waals surface area contributed by atoms with E-state index in [1.165, 1.54) is 96.3 Å². The first-order chi connectivity index (χ1) is 24.8. The van der Waals surface area contributed by atoms with Crippen LogP contribution in [0.1, 0.15) is 194 Å². The average molecular weight is 721 g/mol. The molecule has 0 aromatic rings. The van der Waals surface area contributed by atoms with Crippen LogP contribution in [0.2, 0.25) is 0 Å². The molecule has 0 aromatic heterocycles. The number of aliphatic hydroxyl groups is 1. The zero-order valence-electron chi connectivity index (χ0n) is 32.6. The van der Waals surface area contributed by atoms with Crippen LogP contribution in [0.15, 0.2) is 24.3 Å². The van der Waals surface area contributed by atoms with Crippen molar-refractivity contribution >= 4 is 23.8 Å². The van der Waals surface area contributed by atoms with Crippen molar-refractivity contribution in [2.75, 3.05) is 13.2 Å². The highest BCUT2D eigenvalue weighted by atomic mass is 16.5. The van der Waals surface area contributed by atoms with Crippen LogP contribution in [0, 0.1) is 0 Å². The molecule has 296 valence electrons. The van der Waals surface area contributed by atoms with Gasteiger partial charge in [-0.3, -0.25) is 14.4 Å². The van der Waals surface area contributed by atoms with E-state index in [4.69, 9.17) is 14.9 Å². The summed E-state index contributed by atoms with van der Waals surface area (Å²) in [7, 11) is 0. The number of aliphatic carboxylic acids is 1. The highest BCUT2D eigenvalue weighted by Crippen LogP contribution is 2.18. The predicted molar refractivity (Wildman–Crippen MR) is 208 cm³/mol. The molecule has 0 aliphatic carbocycles. The minimum atomic E-state index is -1.38. The van der Waals surface area contributed by atoms with Crippen molar-refractivity contribution in [3.8, 4) is 0 Å². The summed E-state index contributed by atoms with van der Waals surface area (Å²) in [5, 5.41) is 22.5. The van der Waals surface area contributed by atoms with E-state index >= 15 is 0 Å². The molecule has 51 heavy (non-hydrogen) atoms. The summed E-state index contributed by atoms with van der Waals surface area (Å²) >= 11 is 0. The zero-order valence-corrected chi connectivity index (χ0v) is 32.6. The highest BCUT2D eigenvalue weighted by molar-refractivity contribution is 5.87. The largest absolute Gasteiger partial charge is 0.480 e. The Labute approximate surface area is 311 Å². The van der Waals surface area contributed by atoms with Crippen molar-refractivity contribution in [2.24, 2.45) is 0 Å². The van der Waals surface area contributed by atoms with Crippen molar-refractivity contribution in [1.29, 1.82) is 0 Å². The Morgan fingerprint density at radius 3 is 1.61 bits per heavy atom. The molecule has 0 saturated heterocycles. The third-order valence-electron chi connectivity index (χ3n) is 9.20. The van der Waals surface area contributed by atoms with Gasteiger partial charge >= 0.3 is 11.9 Å². The van der Waals surface area contributed by atoms with Crippen LogP contribution in [0.3, 0.4) is 0 Å². The number of carbonyl (C=O) groups excluding carboxylic acids is 3. The Kier molecular flexibility index (Phi) is 35.1. The first-order valence-electron chi connectivity index (χ1n) is 20.7. The Morgan fingerprint density at radius 2 is 1.06 bits per heavy atom. The van der Waals surface area contributed by atoms with Crippen molar-refractivity contribution in [3.63, 3.8) is 0 Å². The summed E-state index contributed by atoms with van der Waals surface area (Å²) in [4.78, 5) is 47.3. The standard InChI is InChI=1S/C42H76N2O7/c1-3-5-7-9-11-12-13-14-15-16-17-18-19-20-21-26-30-34-41(48)51-37(31-27-23-10-8-6-4-2)32-28-24-22-25-29-33-39(46)43-35-40(47)44-38(36-45)42(49)50/h11-12,14-15,37-38,45H,3-10,13,16-36H2,1-2H3,(H,43,46)(H,44,47)(H,49,50)/b12-11-,15-14-. The van der Waals surface area contributed by atoms with Gasteiger partial charge in [0, 0.05) is 12.8 Å². The number of allylic oxidation sites excluding steroid dienone is 4. The zero-order chi connectivity index (χ0) is 37.6. The van der Waals surface area contributed by atoms with E-state index in [0.717, 1.165) is 64.2 Å². The molecular weight excluding hydrogens is 644 g/mol. The number of rotatable bonds is 37. The van der Waals surface area contributed by atoms with Crippen LogP contribution in [0.5, 0.6) is 0 Å². The van der Waals surface area contributed by atoms with Crippen molar-refractivity contribution in [1.82, 2.24) is 10.6 Å². The van der Waals surface area contributed by atoms with Gasteiger partial charge in [-0.1, -0.05) is 134 Å². The van der Waals surface area contributed by atoms with E-state index in [1.807, 2.05) is 0 Å². The summed E-state index contributed by atoms with van der Waals surface area (Å²) in [6.07, 6.45) is 39.3. The Morgan fingerprint density at radius 1 is 0.588 bits per heavy atom. The second kappa shape index (κ2) is 37.1. The van der Waals surface area contributed by atoms with E-state index in [-0.39, 0.29) is 24.5 Å². The molecule has 0 aliphatic rings. The maximum Gasteiger partial charge on any atom is 0.328 e. The molecule has 0 rings (SSSR count). The van der Waals surface area contributed by atoms with Gasteiger partial charge in [-0.25, -0.2) is 4.79 Å². The lowest BCUT2D eigenvalue weighted by molar-refractivity contribution is -0.150. The monoisotopic (exact) mass is 721 g/mol. The van der Waals surface area contributed by atoms with Gasteiger partial charge in [0.1, 0.15) is 12.1 Å². The van der Waals surface area contributed by atoms with Gasteiger partial charge in [-0.05, 0) is 70.6 Å². The second-order valence-electron chi connectivity index (χ2n) is 14.1. The van der Waals surface area contributed by atoms with E-state index in [1.54, 1.807) is 0 Å². The van der Waals surface area contributed by atoms with E-state index in [0.29, 0.717) is 19.3 Å². The number of nitrogens with one attached hydrogen (secondary N) is 2. The minimum absolute atomic E-state index is 0.0111. The van der Waals surface area contributed by atoms with Gasteiger partial charge in [0.15, 0.2) is 0 Å². The number of hydrogen-bond acceptors (Lipinski definition) is 6. The fraction of sp³-hybridized carbons (Fsp3) is 0.810. The maximum absolute atomic E-state index is 12.7.